The van der Waals surface area contributed by atoms with Crippen LogP contribution >= 0.6 is 0 Å². The van der Waals surface area contributed by atoms with Crippen molar-refractivity contribution in [1.82, 2.24) is 0 Å². The lowest BCUT2D eigenvalue weighted by atomic mass is 9.92. The number of hydrogen-bond acceptors (Lipinski definition) is 5. The van der Waals surface area contributed by atoms with E-state index in [1.54, 1.807) is 6.07 Å². The van der Waals surface area contributed by atoms with Gasteiger partial charge in [0.25, 0.3) is 5.69 Å². The summed E-state index contributed by atoms with van der Waals surface area (Å²) in [4.78, 5) is 22.1. The Bertz CT molecular complexity index is 500. The summed E-state index contributed by atoms with van der Waals surface area (Å²) in [6.07, 6.45) is 0.855. The molecule has 2 rings (SSSR count). The highest BCUT2D eigenvalue weighted by molar-refractivity contribution is 5.82. The Hall–Kier alpha value is -1.95. The van der Waals surface area contributed by atoms with Gasteiger partial charge in [0.2, 0.25) is 0 Å². The second-order valence-corrected chi connectivity index (χ2v) is 4.49. The molecule has 102 valence electrons. The molecule has 1 aromatic rings. The van der Waals surface area contributed by atoms with Gasteiger partial charge < -0.3 is 9.47 Å². The fraction of sp³-hybridized carbons (Fsp3) is 0.462. The molecule has 1 heterocycles. The first kappa shape index (κ1) is 13.5. The number of Topliss-reactive ketones (excluding diaryl/α,β-unsaturated/α-hetero) is 1. The zero-order chi connectivity index (χ0) is 13.8. The van der Waals surface area contributed by atoms with Crippen LogP contribution in [0.25, 0.3) is 0 Å². The molecule has 0 saturated carbocycles. The highest BCUT2D eigenvalue weighted by atomic mass is 16.6. The summed E-state index contributed by atoms with van der Waals surface area (Å²) in [6, 6.07) is 4.56. The van der Waals surface area contributed by atoms with Crippen LogP contribution in [-0.2, 0) is 16.0 Å². The fourth-order valence-electron chi connectivity index (χ4n) is 2.14. The van der Waals surface area contributed by atoms with Crippen molar-refractivity contribution in [2.45, 2.75) is 12.8 Å². The molecular formula is C13H15NO5. The lowest BCUT2D eigenvalue weighted by Gasteiger charge is -2.20. The highest BCUT2D eigenvalue weighted by Gasteiger charge is 2.24. The largest absolute Gasteiger partial charge is 0.496 e. The van der Waals surface area contributed by atoms with E-state index in [1.165, 1.54) is 19.2 Å². The molecule has 6 heteroatoms. The van der Waals surface area contributed by atoms with Gasteiger partial charge >= 0.3 is 0 Å². The van der Waals surface area contributed by atoms with E-state index >= 15 is 0 Å². The minimum Gasteiger partial charge on any atom is -0.496 e. The molecule has 0 amide bonds. The smallest absolute Gasteiger partial charge is 0.273 e. The van der Waals surface area contributed by atoms with Gasteiger partial charge in [-0.15, -0.1) is 0 Å². The molecule has 1 unspecified atom stereocenters. The number of rotatable bonds is 4. The minimum atomic E-state index is -0.467. The average molecular weight is 265 g/mol. The van der Waals surface area contributed by atoms with E-state index in [2.05, 4.69) is 0 Å². The van der Waals surface area contributed by atoms with Crippen molar-refractivity contribution in [3.05, 3.63) is 33.9 Å². The molecule has 0 N–H and O–H groups in total. The van der Waals surface area contributed by atoms with Crippen molar-refractivity contribution in [2.24, 2.45) is 5.92 Å². The summed E-state index contributed by atoms with van der Waals surface area (Å²) in [6.45, 7) is 0.845. The van der Waals surface area contributed by atoms with Crippen LogP contribution in [0.1, 0.15) is 12.0 Å². The number of hydrogen-bond donors (Lipinski definition) is 0. The Morgan fingerprint density at radius 1 is 1.47 bits per heavy atom. The SMILES string of the molecule is COc1cc(CC2COCCC2=O)cc([N+](=O)[O-])c1. The number of nitrogens with zero attached hydrogens (tertiary/aromatic N) is 1. The molecule has 1 fully saturated rings. The summed E-state index contributed by atoms with van der Waals surface area (Å²) in [5, 5.41) is 10.8. The van der Waals surface area contributed by atoms with Crippen molar-refractivity contribution in [2.75, 3.05) is 20.3 Å². The quantitative estimate of drug-likeness (QED) is 0.612. The zero-order valence-electron chi connectivity index (χ0n) is 10.6. The summed E-state index contributed by atoms with van der Waals surface area (Å²) in [7, 11) is 1.46. The molecule has 1 aliphatic heterocycles. The first-order chi connectivity index (χ1) is 9.10. The summed E-state index contributed by atoms with van der Waals surface area (Å²) in [5.41, 5.74) is 0.688. The molecule has 1 saturated heterocycles. The lowest BCUT2D eigenvalue weighted by Crippen LogP contribution is -2.29. The molecule has 1 aliphatic rings. The van der Waals surface area contributed by atoms with Gasteiger partial charge in [-0.3, -0.25) is 14.9 Å². The van der Waals surface area contributed by atoms with Crippen LogP contribution in [0.2, 0.25) is 0 Å². The van der Waals surface area contributed by atoms with Crippen LogP contribution in [0.4, 0.5) is 5.69 Å². The number of ketones is 1. The van der Waals surface area contributed by atoms with E-state index in [-0.39, 0.29) is 17.4 Å². The first-order valence-electron chi connectivity index (χ1n) is 6.03. The maximum absolute atomic E-state index is 11.7. The standard InChI is InChI=1S/C13H15NO5/c1-18-12-6-9(5-11(7-12)14(16)17)4-10-8-19-3-2-13(10)15/h5-7,10H,2-4,8H2,1H3. The van der Waals surface area contributed by atoms with E-state index in [4.69, 9.17) is 9.47 Å². The normalized spacial score (nSPS) is 19.2. The summed E-state index contributed by atoms with van der Waals surface area (Å²) in [5.74, 6) is 0.352. The second kappa shape index (κ2) is 5.79. The molecule has 1 atom stereocenters. The van der Waals surface area contributed by atoms with Crippen LogP contribution in [0, 0.1) is 16.0 Å². The number of non-ortho nitro benzene ring substituents is 1. The van der Waals surface area contributed by atoms with Gasteiger partial charge in [0.15, 0.2) is 0 Å². The molecule has 19 heavy (non-hydrogen) atoms. The Morgan fingerprint density at radius 3 is 2.89 bits per heavy atom. The lowest BCUT2D eigenvalue weighted by molar-refractivity contribution is -0.385. The predicted molar refractivity (Wildman–Crippen MR) is 67.3 cm³/mol. The van der Waals surface area contributed by atoms with E-state index in [0.717, 1.165) is 5.56 Å². The number of nitro benzene ring substituents is 1. The zero-order valence-corrected chi connectivity index (χ0v) is 10.6. The number of ether oxygens (including phenoxy) is 2. The highest BCUT2D eigenvalue weighted by Crippen LogP contribution is 2.25. The van der Waals surface area contributed by atoms with Gasteiger partial charge in [0.05, 0.1) is 31.3 Å². The van der Waals surface area contributed by atoms with Crippen molar-refractivity contribution >= 4 is 11.5 Å². The maximum Gasteiger partial charge on any atom is 0.273 e. The molecule has 6 nitrogen and oxygen atoms in total. The molecule has 0 aromatic heterocycles. The third kappa shape index (κ3) is 3.29. The Balaban J connectivity index is 2.21. The van der Waals surface area contributed by atoms with E-state index in [9.17, 15) is 14.9 Å². The summed E-state index contributed by atoms with van der Waals surface area (Å²) < 4.78 is 10.3. The Morgan fingerprint density at radius 2 is 2.26 bits per heavy atom. The fourth-order valence-corrected chi connectivity index (χ4v) is 2.14. The Labute approximate surface area is 110 Å². The summed E-state index contributed by atoms with van der Waals surface area (Å²) >= 11 is 0. The van der Waals surface area contributed by atoms with E-state index in [0.29, 0.717) is 31.8 Å². The van der Waals surface area contributed by atoms with Gasteiger partial charge in [-0.1, -0.05) is 0 Å². The van der Waals surface area contributed by atoms with E-state index in [1.807, 2.05) is 0 Å². The first-order valence-corrected chi connectivity index (χ1v) is 6.03. The van der Waals surface area contributed by atoms with E-state index < -0.39 is 4.92 Å². The van der Waals surface area contributed by atoms with Crippen molar-refractivity contribution < 1.29 is 19.2 Å². The predicted octanol–water partition coefficient (Wildman–Crippen LogP) is 1.75. The van der Waals surface area contributed by atoms with Crippen LogP contribution in [0.3, 0.4) is 0 Å². The molecule has 1 aromatic carbocycles. The van der Waals surface area contributed by atoms with Crippen LogP contribution in [0.15, 0.2) is 18.2 Å². The number of benzene rings is 1. The number of methoxy groups -OCH3 is 1. The van der Waals surface area contributed by atoms with Crippen molar-refractivity contribution in [3.8, 4) is 5.75 Å². The maximum atomic E-state index is 11.7. The molecule has 0 aliphatic carbocycles. The molecule has 0 spiro atoms. The number of carbonyl (C=O) groups is 1. The topological polar surface area (TPSA) is 78.7 Å². The minimum absolute atomic E-state index is 0.0291. The second-order valence-electron chi connectivity index (χ2n) is 4.49. The number of carbonyl (C=O) groups excluding carboxylic acids is 1. The number of nitro groups is 1. The van der Waals surface area contributed by atoms with Crippen molar-refractivity contribution in [1.29, 1.82) is 0 Å². The van der Waals surface area contributed by atoms with Gasteiger partial charge in [-0.25, -0.2) is 0 Å². The van der Waals surface area contributed by atoms with Gasteiger partial charge in [0.1, 0.15) is 11.5 Å². The van der Waals surface area contributed by atoms with Gasteiger partial charge in [-0.05, 0) is 18.1 Å². The molecular weight excluding hydrogens is 250 g/mol. The molecule has 0 radical (unpaired) electrons. The Kier molecular flexibility index (Phi) is 4.11. The monoisotopic (exact) mass is 265 g/mol. The van der Waals surface area contributed by atoms with Crippen LogP contribution in [-0.4, -0.2) is 31.0 Å². The third-order valence-corrected chi connectivity index (χ3v) is 3.15. The van der Waals surface area contributed by atoms with Crippen molar-refractivity contribution in [3.63, 3.8) is 0 Å². The third-order valence-electron chi connectivity index (χ3n) is 3.15. The van der Waals surface area contributed by atoms with Crippen LogP contribution < -0.4 is 4.74 Å². The van der Waals surface area contributed by atoms with Gasteiger partial charge in [0, 0.05) is 18.4 Å². The van der Waals surface area contributed by atoms with Crippen LogP contribution in [0.5, 0.6) is 5.75 Å². The average Bonchev–Trinajstić information content (AvgIpc) is 2.41. The van der Waals surface area contributed by atoms with Gasteiger partial charge in [-0.2, -0.15) is 0 Å². The molecule has 0 bridgehead atoms.